The van der Waals surface area contributed by atoms with Crippen molar-refractivity contribution >= 4 is 47.0 Å². The summed E-state index contributed by atoms with van der Waals surface area (Å²) in [5.74, 6) is -0.0463. The van der Waals surface area contributed by atoms with E-state index in [0.29, 0.717) is 33.8 Å². The zero-order chi connectivity index (χ0) is 20.1. The Kier molecular flexibility index (Phi) is 6.61. The molecule has 0 fully saturated rings. The fraction of sp³-hybridized carbons (Fsp3) is 0.105. The number of carbonyl (C=O) groups is 1. The number of hydrogen-bond donors (Lipinski definition) is 2. The van der Waals surface area contributed by atoms with Gasteiger partial charge < -0.3 is 9.84 Å². The van der Waals surface area contributed by atoms with Gasteiger partial charge in [-0.1, -0.05) is 23.2 Å². The number of hydrogen-bond acceptors (Lipinski definition) is 5. The standard InChI is InChI=1S/C19H15Cl2N3O3S/c1-2-27-15-8-7-14(21)9-12(15)10-16(18(25)26)28-19-22-17(23-24-19)11-3-5-13(20)6-4-11/h3-10H,2H2,1H3,(H,25,26)(H,22,23,24)/b16-10-. The first-order valence-corrected chi connectivity index (χ1v) is 9.77. The monoisotopic (exact) mass is 435 g/mol. The molecular formula is C19H15Cl2N3O3S. The summed E-state index contributed by atoms with van der Waals surface area (Å²) in [5.41, 5.74) is 1.35. The predicted octanol–water partition coefficient (Wildman–Crippen LogP) is 5.40. The largest absolute Gasteiger partial charge is 0.493 e. The molecule has 0 spiro atoms. The lowest BCUT2D eigenvalue weighted by Crippen LogP contribution is -1.99. The topological polar surface area (TPSA) is 88.1 Å². The Bertz CT molecular complexity index is 1020. The molecule has 28 heavy (non-hydrogen) atoms. The summed E-state index contributed by atoms with van der Waals surface area (Å²) in [4.78, 5) is 16.1. The summed E-state index contributed by atoms with van der Waals surface area (Å²) >= 11 is 12.9. The molecule has 3 aromatic rings. The average Bonchev–Trinajstić information content (AvgIpc) is 3.12. The van der Waals surface area contributed by atoms with Crippen molar-refractivity contribution in [2.45, 2.75) is 12.1 Å². The highest BCUT2D eigenvalue weighted by atomic mass is 35.5. The molecule has 0 atom stereocenters. The zero-order valence-corrected chi connectivity index (χ0v) is 17.0. The van der Waals surface area contributed by atoms with Gasteiger partial charge in [-0.05, 0) is 67.2 Å². The van der Waals surface area contributed by atoms with Gasteiger partial charge >= 0.3 is 5.97 Å². The van der Waals surface area contributed by atoms with Crippen LogP contribution in [0.25, 0.3) is 17.5 Å². The Balaban J connectivity index is 1.88. The van der Waals surface area contributed by atoms with E-state index in [0.717, 1.165) is 17.3 Å². The summed E-state index contributed by atoms with van der Waals surface area (Å²) in [7, 11) is 0. The minimum Gasteiger partial charge on any atom is -0.493 e. The van der Waals surface area contributed by atoms with Crippen LogP contribution in [0.15, 0.2) is 52.5 Å². The molecule has 9 heteroatoms. The molecule has 3 rings (SSSR count). The fourth-order valence-electron chi connectivity index (χ4n) is 2.32. The van der Waals surface area contributed by atoms with Crippen LogP contribution in [0.2, 0.25) is 10.0 Å². The van der Waals surface area contributed by atoms with Gasteiger partial charge in [-0.3, -0.25) is 5.10 Å². The molecule has 144 valence electrons. The summed E-state index contributed by atoms with van der Waals surface area (Å²) < 4.78 is 5.54. The van der Waals surface area contributed by atoms with E-state index in [-0.39, 0.29) is 10.1 Å². The quantitative estimate of drug-likeness (QED) is 0.381. The second-order valence-corrected chi connectivity index (χ2v) is 7.39. The van der Waals surface area contributed by atoms with Gasteiger partial charge in [0.15, 0.2) is 5.82 Å². The van der Waals surface area contributed by atoms with Crippen molar-refractivity contribution in [3.05, 3.63) is 63.0 Å². The molecule has 0 bridgehead atoms. The van der Waals surface area contributed by atoms with Crippen molar-refractivity contribution in [1.29, 1.82) is 0 Å². The van der Waals surface area contributed by atoms with E-state index >= 15 is 0 Å². The van der Waals surface area contributed by atoms with Crippen LogP contribution in [0.1, 0.15) is 12.5 Å². The van der Waals surface area contributed by atoms with Crippen LogP contribution in [-0.4, -0.2) is 32.9 Å². The molecule has 0 radical (unpaired) electrons. The minimum atomic E-state index is -1.11. The number of ether oxygens (including phenoxy) is 1. The highest BCUT2D eigenvalue weighted by molar-refractivity contribution is 8.04. The summed E-state index contributed by atoms with van der Waals surface area (Å²) in [6.07, 6.45) is 1.49. The molecule has 2 N–H and O–H groups in total. The van der Waals surface area contributed by atoms with E-state index in [1.165, 1.54) is 6.08 Å². The van der Waals surface area contributed by atoms with E-state index in [1.54, 1.807) is 42.5 Å². The number of aliphatic carboxylic acids is 1. The van der Waals surface area contributed by atoms with Crippen LogP contribution < -0.4 is 4.74 Å². The third-order valence-corrected chi connectivity index (χ3v) is 4.92. The van der Waals surface area contributed by atoms with Gasteiger partial charge in [0.25, 0.3) is 0 Å². The van der Waals surface area contributed by atoms with E-state index < -0.39 is 5.97 Å². The zero-order valence-electron chi connectivity index (χ0n) is 14.6. The molecule has 1 aromatic heterocycles. The molecule has 2 aromatic carbocycles. The number of aromatic nitrogens is 3. The molecule has 0 aliphatic carbocycles. The molecule has 6 nitrogen and oxygen atoms in total. The van der Waals surface area contributed by atoms with Crippen LogP contribution in [0.4, 0.5) is 0 Å². The second-order valence-electron chi connectivity index (χ2n) is 5.50. The highest BCUT2D eigenvalue weighted by Crippen LogP contribution is 2.31. The van der Waals surface area contributed by atoms with Crippen LogP contribution in [-0.2, 0) is 4.79 Å². The first-order chi connectivity index (χ1) is 13.5. The summed E-state index contributed by atoms with van der Waals surface area (Å²) in [5, 5.41) is 17.9. The van der Waals surface area contributed by atoms with Crippen molar-refractivity contribution in [2.75, 3.05) is 6.61 Å². The molecule has 0 aliphatic heterocycles. The van der Waals surface area contributed by atoms with Crippen molar-refractivity contribution in [2.24, 2.45) is 0 Å². The number of carboxylic acid groups (broad SMARTS) is 1. The number of benzene rings is 2. The van der Waals surface area contributed by atoms with Crippen molar-refractivity contribution in [3.8, 4) is 17.1 Å². The van der Waals surface area contributed by atoms with Crippen molar-refractivity contribution in [1.82, 2.24) is 15.2 Å². The maximum absolute atomic E-state index is 11.7. The fourth-order valence-corrected chi connectivity index (χ4v) is 3.33. The number of aromatic amines is 1. The Hall–Kier alpha value is -2.48. The maximum atomic E-state index is 11.7. The lowest BCUT2D eigenvalue weighted by atomic mass is 10.2. The predicted molar refractivity (Wildman–Crippen MR) is 111 cm³/mol. The third-order valence-electron chi connectivity index (χ3n) is 3.55. The van der Waals surface area contributed by atoms with E-state index in [2.05, 4.69) is 15.2 Å². The normalized spacial score (nSPS) is 11.5. The minimum absolute atomic E-state index is 0.0323. The van der Waals surface area contributed by atoms with Gasteiger partial charge in [-0.15, -0.1) is 5.10 Å². The van der Waals surface area contributed by atoms with E-state index in [4.69, 9.17) is 27.9 Å². The first-order valence-electron chi connectivity index (χ1n) is 8.20. The van der Waals surface area contributed by atoms with Gasteiger partial charge in [-0.2, -0.15) is 0 Å². The van der Waals surface area contributed by atoms with Crippen LogP contribution in [0, 0.1) is 0 Å². The SMILES string of the molecule is CCOc1ccc(Cl)cc1/C=C(\Sc1n[nH]c(-c2ccc(Cl)cc2)n1)C(=O)O. The van der Waals surface area contributed by atoms with Crippen LogP contribution in [0.3, 0.4) is 0 Å². The number of halogens is 2. The van der Waals surface area contributed by atoms with Gasteiger partial charge in [0.1, 0.15) is 10.7 Å². The molecule has 0 saturated heterocycles. The second kappa shape index (κ2) is 9.14. The smallest absolute Gasteiger partial charge is 0.342 e. The number of H-pyrrole nitrogens is 1. The molecule has 0 saturated carbocycles. The molecule has 0 unspecified atom stereocenters. The highest BCUT2D eigenvalue weighted by Gasteiger charge is 2.16. The van der Waals surface area contributed by atoms with Crippen LogP contribution in [0.5, 0.6) is 5.75 Å². The molecule has 1 heterocycles. The lowest BCUT2D eigenvalue weighted by molar-refractivity contribution is -0.131. The van der Waals surface area contributed by atoms with Crippen molar-refractivity contribution < 1.29 is 14.6 Å². The number of nitrogens with one attached hydrogen (secondary N) is 1. The lowest BCUT2D eigenvalue weighted by Gasteiger charge is -2.08. The summed E-state index contributed by atoms with van der Waals surface area (Å²) in [6, 6.07) is 12.1. The summed E-state index contributed by atoms with van der Waals surface area (Å²) in [6.45, 7) is 2.30. The third kappa shape index (κ3) is 5.07. The van der Waals surface area contributed by atoms with Gasteiger partial charge in [0.05, 0.1) is 6.61 Å². The van der Waals surface area contributed by atoms with Gasteiger partial charge in [0.2, 0.25) is 5.16 Å². The number of nitrogens with zero attached hydrogens (tertiary/aromatic N) is 2. The van der Waals surface area contributed by atoms with E-state index in [9.17, 15) is 9.90 Å². The molecule has 0 amide bonds. The molecular weight excluding hydrogens is 421 g/mol. The Morgan fingerprint density at radius 1 is 1.21 bits per heavy atom. The number of carboxylic acids is 1. The van der Waals surface area contributed by atoms with Gasteiger partial charge in [-0.25, -0.2) is 9.78 Å². The average molecular weight is 436 g/mol. The Morgan fingerprint density at radius 2 is 1.93 bits per heavy atom. The Labute approximate surface area is 175 Å². The number of rotatable bonds is 7. The molecule has 0 aliphatic rings. The number of thioether (sulfide) groups is 1. The van der Waals surface area contributed by atoms with Crippen molar-refractivity contribution in [3.63, 3.8) is 0 Å². The van der Waals surface area contributed by atoms with Crippen LogP contribution >= 0.6 is 35.0 Å². The Morgan fingerprint density at radius 3 is 2.61 bits per heavy atom. The first kappa shape index (κ1) is 20.3. The van der Waals surface area contributed by atoms with E-state index in [1.807, 2.05) is 6.92 Å². The maximum Gasteiger partial charge on any atom is 0.342 e. The van der Waals surface area contributed by atoms with Gasteiger partial charge in [0, 0.05) is 21.2 Å².